The molecule has 0 radical (unpaired) electrons. The lowest BCUT2D eigenvalue weighted by molar-refractivity contribution is 0.669. The van der Waals surface area contributed by atoms with Gasteiger partial charge in [-0.15, -0.1) is 0 Å². The Balaban J connectivity index is 1.28. The Kier molecular flexibility index (Phi) is 6.10. The minimum atomic E-state index is 0.600. The minimum Gasteiger partial charge on any atom is -0.456 e. The third-order valence-electron chi connectivity index (χ3n) is 8.66. The summed E-state index contributed by atoms with van der Waals surface area (Å²) in [5, 5.41) is 5.44. The van der Waals surface area contributed by atoms with Crippen molar-refractivity contribution in [3.05, 3.63) is 164 Å². The van der Waals surface area contributed by atoms with Crippen molar-refractivity contribution >= 4 is 60.9 Å². The molecule has 0 amide bonds. The second-order valence-electron chi connectivity index (χ2n) is 11.4. The van der Waals surface area contributed by atoms with Gasteiger partial charge in [0.25, 0.3) is 0 Å². The molecule has 216 valence electrons. The van der Waals surface area contributed by atoms with E-state index in [2.05, 4.69) is 120 Å². The first-order valence-electron chi connectivity index (χ1n) is 15.4. The maximum absolute atomic E-state index is 6.44. The van der Waals surface area contributed by atoms with Crippen LogP contribution in [0.2, 0.25) is 0 Å². The van der Waals surface area contributed by atoms with Gasteiger partial charge in [-0.2, -0.15) is 0 Å². The third kappa shape index (κ3) is 4.39. The number of anilines is 3. The molecule has 9 aromatic rings. The SMILES string of the molecule is c1ccc(-c2ccc(N(c3ccccc3)c3nc(-c4cccc5oc6cc7ccccc7cc6c45)c4ccccc4n3)cc2)cc1. The lowest BCUT2D eigenvalue weighted by atomic mass is 9.99. The summed E-state index contributed by atoms with van der Waals surface area (Å²) in [6, 6.07) is 56.6. The van der Waals surface area contributed by atoms with E-state index in [1.165, 1.54) is 10.9 Å². The number of hydrogen-bond acceptors (Lipinski definition) is 4. The molecule has 0 unspecified atom stereocenters. The largest absolute Gasteiger partial charge is 0.456 e. The van der Waals surface area contributed by atoms with Gasteiger partial charge in [0.2, 0.25) is 5.95 Å². The van der Waals surface area contributed by atoms with Gasteiger partial charge in [-0.1, -0.05) is 115 Å². The van der Waals surface area contributed by atoms with E-state index < -0.39 is 0 Å². The van der Waals surface area contributed by atoms with Gasteiger partial charge >= 0.3 is 0 Å². The van der Waals surface area contributed by atoms with Gasteiger partial charge in [0.1, 0.15) is 11.2 Å². The van der Waals surface area contributed by atoms with Crippen LogP contribution in [-0.4, -0.2) is 9.97 Å². The van der Waals surface area contributed by atoms with Crippen LogP contribution in [0.5, 0.6) is 0 Å². The van der Waals surface area contributed by atoms with Gasteiger partial charge in [0.05, 0.1) is 11.2 Å². The second kappa shape index (κ2) is 10.7. The zero-order chi connectivity index (χ0) is 30.5. The molecular formula is C42H27N3O. The minimum absolute atomic E-state index is 0.600. The molecule has 7 aromatic carbocycles. The van der Waals surface area contributed by atoms with E-state index in [4.69, 9.17) is 14.4 Å². The van der Waals surface area contributed by atoms with Crippen LogP contribution in [0, 0.1) is 0 Å². The standard InChI is InChI=1S/C42H27N3O/c1-3-12-28(13-4-1)29-22-24-33(25-23-29)45(32-16-5-2-6-17-32)42-43-37-20-10-9-18-34(37)41(44-42)35-19-11-21-38-40(35)36-26-30-14-7-8-15-31(30)27-39(36)46-38/h1-27H. The quantitative estimate of drug-likeness (QED) is 0.200. The van der Waals surface area contributed by atoms with Crippen LogP contribution in [0.1, 0.15) is 0 Å². The first kappa shape index (κ1) is 26.2. The van der Waals surface area contributed by atoms with Gasteiger partial charge in [-0.3, -0.25) is 4.90 Å². The van der Waals surface area contributed by atoms with E-state index in [0.29, 0.717) is 5.95 Å². The van der Waals surface area contributed by atoms with Crippen LogP contribution in [0.15, 0.2) is 168 Å². The summed E-state index contributed by atoms with van der Waals surface area (Å²) in [4.78, 5) is 12.7. The molecule has 0 aliphatic carbocycles. The van der Waals surface area contributed by atoms with Crippen LogP contribution in [-0.2, 0) is 0 Å². The summed E-state index contributed by atoms with van der Waals surface area (Å²) in [5.41, 5.74) is 8.75. The highest BCUT2D eigenvalue weighted by molar-refractivity contribution is 6.17. The average Bonchev–Trinajstić information content (AvgIpc) is 3.49. The smallest absolute Gasteiger partial charge is 0.235 e. The van der Waals surface area contributed by atoms with E-state index in [1.807, 2.05) is 48.5 Å². The lowest BCUT2D eigenvalue weighted by Gasteiger charge is -2.24. The summed E-state index contributed by atoms with van der Waals surface area (Å²) < 4.78 is 6.44. The molecule has 2 heterocycles. The molecule has 0 aliphatic heterocycles. The van der Waals surface area contributed by atoms with E-state index in [-0.39, 0.29) is 0 Å². The molecule has 0 atom stereocenters. The molecule has 0 saturated heterocycles. The molecule has 0 saturated carbocycles. The van der Waals surface area contributed by atoms with Crippen molar-refractivity contribution in [1.29, 1.82) is 0 Å². The average molecular weight is 590 g/mol. The molecular weight excluding hydrogens is 562 g/mol. The summed E-state index contributed by atoms with van der Waals surface area (Å²) in [6.45, 7) is 0. The fourth-order valence-electron chi connectivity index (χ4n) is 6.47. The monoisotopic (exact) mass is 589 g/mol. The highest BCUT2D eigenvalue weighted by Gasteiger charge is 2.21. The van der Waals surface area contributed by atoms with Gasteiger partial charge < -0.3 is 4.42 Å². The topological polar surface area (TPSA) is 42.2 Å². The molecule has 0 N–H and O–H groups in total. The molecule has 0 aliphatic rings. The van der Waals surface area contributed by atoms with Crippen LogP contribution < -0.4 is 4.90 Å². The number of rotatable bonds is 5. The van der Waals surface area contributed by atoms with E-state index in [0.717, 1.165) is 66.4 Å². The Bertz CT molecular complexity index is 2520. The van der Waals surface area contributed by atoms with Crippen molar-refractivity contribution < 1.29 is 4.42 Å². The Hall–Kier alpha value is -6.26. The van der Waals surface area contributed by atoms with Crippen molar-refractivity contribution in [1.82, 2.24) is 9.97 Å². The van der Waals surface area contributed by atoms with Gasteiger partial charge in [0.15, 0.2) is 0 Å². The lowest BCUT2D eigenvalue weighted by Crippen LogP contribution is -2.14. The van der Waals surface area contributed by atoms with Crippen LogP contribution in [0.25, 0.3) is 66.0 Å². The predicted molar refractivity (Wildman–Crippen MR) is 190 cm³/mol. The maximum Gasteiger partial charge on any atom is 0.235 e. The van der Waals surface area contributed by atoms with E-state index in [9.17, 15) is 0 Å². The van der Waals surface area contributed by atoms with Crippen LogP contribution in [0.4, 0.5) is 17.3 Å². The fourth-order valence-corrected chi connectivity index (χ4v) is 6.47. The number of benzene rings is 7. The van der Waals surface area contributed by atoms with Crippen molar-refractivity contribution in [2.45, 2.75) is 0 Å². The highest BCUT2D eigenvalue weighted by atomic mass is 16.3. The number of aromatic nitrogens is 2. The first-order chi connectivity index (χ1) is 22.8. The normalized spacial score (nSPS) is 11.5. The van der Waals surface area contributed by atoms with Crippen molar-refractivity contribution in [2.75, 3.05) is 4.90 Å². The van der Waals surface area contributed by atoms with Crippen molar-refractivity contribution in [3.63, 3.8) is 0 Å². The van der Waals surface area contributed by atoms with Crippen molar-refractivity contribution in [3.8, 4) is 22.4 Å². The van der Waals surface area contributed by atoms with Gasteiger partial charge in [0, 0.05) is 33.1 Å². The predicted octanol–water partition coefficient (Wildman–Crippen LogP) is 11.5. The number of nitrogens with zero attached hydrogens (tertiary/aromatic N) is 3. The van der Waals surface area contributed by atoms with E-state index in [1.54, 1.807) is 0 Å². The fraction of sp³-hybridized carbons (Fsp3) is 0. The van der Waals surface area contributed by atoms with E-state index >= 15 is 0 Å². The maximum atomic E-state index is 6.44. The number of fused-ring (bicyclic) bond motifs is 5. The number of hydrogen-bond donors (Lipinski definition) is 0. The van der Waals surface area contributed by atoms with Crippen LogP contribution in [0.3, 0.4) is 0 Å². The number of para-hydroxylation sites is 2. The Morgan fingerprint density at radius 1 is 0.457 bits per heavy atom. The summed E-state index contributed by atoms with van der Waals surface area (Å²) in [6.07, 6.45) is 0. The molecule has 0 spiro atoms. The molecule has 2 aromatic heterocycles. The Labute approximate surface area is 265 Å². The third-order valence-corrected chi connectivity index (χ3v) is 8.66. The summed E-state index contributed by atoms with van der Waals surface area (Å²) in [7, 11) is 0. The van der Waals surface area contributed by atoms with Crippen molar-refractivity contribution in [2.24, 2.45) is 0 Å². The molecule has 9 rings (SSSR count). The highest BCUT2D eigenvalue weighted by Crippen LogP contribution is 2.41. The Morgan fingerprint density at radius 2 is 1.11 bits per heavy atom. The molecule has 4 nitrogen and oxygen atoms in total. The Morgan fingerprint density at radius 3 is 1.91 bits per heavy atom. The van der Waals surface area contributed by atoms with Gasteiger partial charge in [-0.05, 0) is 70.4 Å². The van der Waals surface area contributed by atoms with Gasteiger partial charge in [-0.25, -0.2) is 9.97 Å². The molecule has 46 heavy (non-hydrogen) atoms. The second-order valence-corrected chi connectivity index (χ2v) is 11.4. The summed E-state index contributed by atoms with van der Waals surface area (Å²) >= 11 is 0. The molecule has 0 bridgehead atoms. The summed E-state index contributed by atoms with van der Waals surface area (Å²) in [5.74, 6) is 0.600. The number of furan rings is 1. The molecule has 4 heteroatoms. The zero-order valence-electron chi connectivity index (χ0n) is 24.8. The molecule has 0 fully saturated rings. The zero-order valence-corrected chi connectivity index (χ0v) is 24.8. The first-order valence-corrected chi connectivity index (χ1v) is 15.4. The van der Waals surface area contributed by atoms with Crippen LogP contribution >= 0.6 is 0 Å².